The number of rotatable bonds is 4. The summed E-state index contributed by atoms with van der Waals surface area (Å²) in [6, 6.07) is 7.35. The van der Waals surface area contributed by atoms with Crippen molar-refractivity contribution in [1.82, 2.24) is 10.2 Å². The summed E-state index contributed by atoms with van der Waals surface area (Å²) in [4.78, 5) is 24.9. The second kappa shape index (κ2) is 7.08. The third-order valence-corrected chi connectivity index (χ3v) is 3.68. The van der Waals surface area contributed by atoms with Gasteiger partial charge in [-0.3, -0.25) is 4.79 Å². The topological polar surface area (TPSA) is 81.7 Å². The molecular formula is C15H21N3O3. The standard InChI is InChI=1S/C15H21N3O3/c1-16-9-11-5-2-3-7-13(11)17-15(21)18-8-4-6-12(10-18)14(19)20/h2-3,5,7,12,16H,4,6,8-10H2,1H3,(H,17,21)(H,19,20). The molecule has 6 heteroatoms. The highest BCUT2D eigenvalue weighted by Gasteiger charge is 2.28. The van der Waals surface area contributed by atoms with E-state index < -0.39 is 11.9 Å². The summed E-state index contributed by atoms with van der Waals surface area (Å²) in [7, 11) is 1.85. The molecule has 0 aromatic heterocycles. The third-order valence-electron chi connectivity index (χ3n) is 3.68. The Morgan fingerprint density at radius 3 is 2.86 bits per heavy atom. The molecule has 0 bridgehead atoms. The van der Waals surface area contributed by atoms with E-state index in [1.54, 1.807) is 4.90 Å². The molecule has 21 heavy (non-hydrogen) atoms. The van der Waals surface area contributed by atoms with Gasteiger partial charge in [-0.25, -0.2) is 4.79 Å². The SMILES string of the molecule is CNCc1ccccc1NC(=O)N1CCCC(C(=O)O)C1. The number of carbonyl (C=O) groups excluding carboxylic acids is 1. The van der Waals surface area contributed by atoms with Crippen LogP contribution in [0.2, 0.25) is 0 Å². The van der Waals surface area contributed by atoms with E-state index in [9.17, 15) is 9.59 Å². The molecule has 1 aliphatic heterocycles. The molecule has 1 unspecified atom stereocenters. The number of benzene rings is 1. The Balaban J connectivity index is 2.02. The average molecular weight is 291 g/mol. The number of hydrogen-bond acceptors (Lipinski definition) is 3. The number of urea groups is 1. The maximum absolute atomic E-state index is 12.3. The second-order valence-corrected chi connectivity index (χ2v) is 5.24. The molecule has 1 saturated heterocycles. The Hall–Kier alpha value is -2.08. The van der Waals surface area contributed by atoms with Crippen molar-refractivity contribution in [2.24, 2.45) is 5.92 Å². The zero-order chi connectivity index (χ0) is 15.2. The van der Waals surface area contributed by atoms with Gasteiger partial charge in [0.1, 0.15) is 0 Å². The van der Waals surface area contributed by atoms with E-state index in [2.05, 4.69) is 10.6 Å². The van der Waals surface area contributed by atoms with Gasteiger partial charge in [0.2, 0.25) is 0 Å². The Bertz CT molecular complexity index is 519. The molecule has 0 aliphatic carbocycles. The number of hydrogen-bond donors (Lipinski definition) is 3. The number of carbonyl (C=O) groups is 2. The minimum absolute atomic E-state index is 0.232. The molecule has 2 rings (SSSR count). The highest BCUT2D eigenvalue weighted by Crippen LogP contribution is 2.19. The lowest BCUT2D eigenvalue weighted by Crippen LogP contribution is -2.44. The van der Waals surface area contributed by atoms with E-state index in [4.69, 9.17) is 5.11 Å². The summed E-state index contributed by atoms with van der Waals surface area (Å²) in [6.07, 6.45) is 1.36. The second-order valence-electron chi connectivity index (χ2n) is 5.24. The molecule has 3 N–H and O–H groups in total. The molecule has 1 heterocycles. The average Bonchev–Trinajstić information content (AvgIpc) is 2.49. The summed E-state index contributed by atoms with van der Waals surface area (Å²) in [6.45, 7) is 1.54. The number of carboxylic acids is 1. The van der Waals surface area contributed by atoms with Crippen LogP contribution in [0.25, 0.3) is 0 Å². The summed E-state index contributed by atoms with van der Waals surface area (Å²) >= 11 is 0. The number of nitrogens with zero attached hydrogens (tertiary/aromatic N) is 1. The highest BCUT2D eigenvalue weighted by atomic mass is 16.4. The van der Waals surface area contributed by atoms with Crippen molar-refractivity contribution in [3.05, 3.63) is 29.8 Å². The largest absolute Gasteiger partial charge is 0.481 e. The van der Waals surface area contributed by atoms with Crippen LogP contribution in [-0.4, -0.2) is 42.1 Å². The van der Waals surface area contributed by atoms with E-state index >= 15 is 0 Å². The molecule has 2 amide bonds. The quantitative estimate of drug-likeness (QED) is 0.789. The van der Waals surface area contributed by atoms with Crippen molar-refractivity contribution >= 4 is 17.7 Å². The molecule has 0 saturated carbocycles. The fraction of sp³-hybridized carbons (Fsp3) is 0.467. The smallest absolute Gasteiger partial charge is 0.321 e. The fourth-order valence-corrected chi connectivity index (χ4v) is 2.54. The molecule has 1 fully saturated rings. The minimum atomic E-state index is -0.830. The van der Waals surface area contributed by atoms with Gasteiger partial charge in [-0.05, 0) is 31.5 Å². The van der Waals surface area contributed by atoms with Crippen LogP contribution < -0.4 is 10.6 Å². The lowest BCUT2D eigenvalue weighted by atomic mass is 9.99. The number of amides is 2. The summed E-state index contributed by atoms with van der Waals surface area (Å²) in [5.41, 5.74) is 1.76. The van der Waals surface area contributed by atoms with Crippen LogP contribution in [0.15, 0.2) is 24.3 Å². The number of anilines is 1. The molecule has 0 spiro atoms. The highest BCUT2D eigenvalue weighted by molar-refractivity contribution is 5.90. The van der Waals surface area contributed by atoms with Gasteiger partial charge in [-0.2, -0.15) is 0 Å². The number of aliphatic carboxylic acids is 1. The van der Waals surface area contributed by atoms with Gasteiger partial charge in [0.25, 0.3) is 0 Å². The lowest BCUT2D eigenvalue weighted by Gasteiger charge is -2.31. The van der Waals surface area contributed by atoms with Crippen LogP contribution in [0.1, 0.15) is 18.4 Å². The number of likely N-dealkylation sites (tertiary alicyclic amines) is 1. The van der Waals surface area contributed by atoms with Gasteiger partial charge < -0.3 is 20.6 Å². The zero-order valence-corrected chi connectivity index (χ0v) is 12.1. The van der Waals surface area contributed by atoms with Crippen LogP contribution in [0, 0.1) is 5.92 Å². The van der Waals surface area contributed by atoms with E-state index in [0.717, 1.165) is 17.7 Å². The summed E-state index contributed by atoms with van der Waals surface area (Å²) in [5.74, 6) is -1.29. The molecule has 1 aliphatic rings. The Kier molecular flexibility index (Phi) is 5.16. The first-order valence-corrected chi connectivity index (χ1v) is 7.13. The summed E-state index contributed by atoms with van der Waals surface area (Å²) in [5, 5.41) is 15.0. The maximum Gasteiger partial charge on any atom is 0.321 e. The van der Waals surface area contributed by atoms with Crippen LogP contribution in [0.5, 0.6) is 0 Å². The predicted octanol–water partition coefficient (Wildman–Crippen LogP) is 1.73. The molecule has 6 nitrogen and oxygen atoms in total. The Morgan fingerprint density at radius 2 is 2.14 bits per heavy atom. The van der Waals surface area contributed by atoms with E-state index in [1.807, 2.05) is 31.3 Å². The number of carboxylic acid groups (broad SMARTS) is 1. The maximum atomic E-state index is 12.3. The van der Waals surface area contributed by atoms with Gasteiger partial charge in [-0.15, -0.1) is 0 Å². The fourth-order valence-electron chi connectivity index (χ4n) is 2.54. The predicted molar refractivity (Wildman–Crippen MR) is 80.2 cm³/mol. The van der Waals surface area contributed by atoms with Gasteiger partial charge in [0, 0.05) is 25.3 Å². The molecule has 114 valence electrons. The Labute approximate surface area is 124 Å². The van der Waals surface area contributed by atoms with E-state index in [0.29, 0.717) is 19.5 Å². The van der Waals surface area contributed by atoms with Crippen LogP contribution in [-0.2, 0) is 11.3 Å². The molecule has 1 aromatic rings. The molecule has 1 aromatic carbocycles. The van der Waals surface area contributed by atoms with Gasteiger partial charge >= 0.3 is 12.0 Å². The van der Waals surface area contributed by atoms with Gasteiger partial charge in [-0.1, -0.05) is 18.2 Å². The van der Waals surface area contributed by atoms with Crippen molar-refractivity contribution < 1.29 is 14.7 Å². The third kappa shape index (κ3) is 3.95. The molecule has 1 atom stereocenters. The first kappa shape index (κ1) is 15.3. The monoisotopic (exact) mass is 291 g/mol. The minimum Gasteiger partial charge on any atom is -0.481 e. The van der Waals surface area contributed by atoms with E-state index in [-0.39, 0.29) is 12.6 Å². The number of piperidine rings is 1. The normalized spacial score (nSPS) is 18.3. The Morgan fingerprint density at radius 1 is 1.38 bits per heavy atom. The lowest BCUT2D eigenvalue weighted by molar-refractivity contribution is -0.143. The van der Waals surface area contributed by atoms with Crippen molar-refractivity contribution in [2.75, 3.05) is 25.5 Å². The van der Waals surface area contributed by atoms with Crippen molar-refractivity contribution in [1.29, 1.82) is 0 Å². The molecular weight excluding hydrogens is 270 g/mol. The number of para-hydroxylation sites is 1. The first-order chi connectivity index (χ1) is 10.1. The van der Waals surface area contributed by atoms with Crippen LogP contribution in [0.4, 0.5) is 10.5 Å². The van der Waals surface area contributed by atoms with Crippen molar-refractivity contribution in [3.63, 3.8) is 0 Å². The molecule has 0 radical (unpaired) electrons. The van der Waals surface area contributed by atoms with Crippen LogP contribution in [0.3, 0.4) is 0 Å². The van der Waals surface area contributed by atoms with Crippen molar-refractivity contribution in [3.8, 4) is 0 Å². The first-order valence-electron chi connectivity index (χ1n) is 7.13. The zero-order valence-electron chi connectivity index (χ0n) is 12.1. The van der Waals surface area contributed by atoms with Gasteiger partial charge in [0.15, 0.2) is 0 Å². The van der Waals surface area contributed by atoms with E-state index in [1.165, 1.54) is 0 Å². The van der Waals surface area contributed by atoms with Crippen molar-refractivity contribution in [2.45, 2.75) is 19.4 Å². The van der Waals surface area contributed by atoms with Gasteiger partial charge in [0.05, 0.1) is 5.92 Å². The number of nitrogens with one attached hydrogen (secondary N) is 2. The van der Waals surface area contributed by atoms with Crippen LogP contribution >= 0.6 is 0 Å². The summed E-state index contributed by atoms with van der Waals surface area (Å²) < 4.78 is 0.